The van der Waals surface area contributed by atoms with Gasteiger partial charge in [0, 0.05) is 47.9 Å². The molecule has 1 aliphatic heterocycles. The molecule has 0 fully saturated rings. The average molecular weight is 389 g/mol. The number of amides is 3. The summed E-state index contributed by atoms with van der Waals surface area (Å²) in [5.74, 6) is -0.679. The number of aromatic nitrogens is 1. The quantitative estimate of drug-likeness (QED) is 0.658. The van der Waals surface area contributed by atoms with Gasteiger partial charge in [0.05, 0.1) is 6.54 Å². The van der Waals surface area contributed by atoms with Crippen molar-refractivity contribution < 1.29 is 14.4 Å². The smallest absolute Gasteiger partial charge is 0.261 e. The predicted molar refractivity (Wildman–Crippen MR) is 111 cm³/mol. The van der Waals surface area contributed by atoms with Crippen molar-refractivity contribution in [3.05, 3.63) is 71.0 Å². The first-order valence-electron chi connectivity index (χ1n) is 9.73. The molecule has 0 aliphatic carbocycles. The molecule has 6 nitrogen and oxygen atoms in total. The first-order valence-corrected chi connectivity index (χ1v) is 9.73. The highest BCUT2D eigenvalue weighted by Gasteiger charge is 2.32. The number of nitrogens with zero attached hydrogens (tertiary/aromatic N) is 2. The van der Waals surface area contributed by atoms with E-state index in [1.54, 1.807) is 12.1 Å². The molecule has 4 rings (SSSR count). The number of hydrogen-bond acceptors (Lipinski definition) is 3. The Labute approximate surface area is 169 Å². The fraction of sp³-hybridized carbons (Fsp3) is 0.261. The minimum Gasteiger partial charge on any atom is -0.351 e. The molecule has 2 heterocycles. The van der Waals surface area contributed by atoms with Crippen LogP contribution in [0, 0.1) is 6.92 Å². The number of rotatable bonds is 6. The zero-order chi connectivity index (χ0) is 20.5. The first kappa shape index (κ1) is 18.9. The van der Waals surface area contributed by atoms with E-state index in [9.17, 15) is 14.4 Å². The Morgan fingerprint density at radius 3 is 2.21 bits per heavy atom. The van der Waals surface area contributed by atoms with Crippen molar-refractivity contribution in [3.8, 4) is 0 Å². The second-order valence-electron chi connectivity index (χ2n) is 7.38. The Morgan fingerprint density at radius 1 is 0.966 bits per heavy atom. The number of carbonyl (C=O) groups excluding carboxylic acids is 3. The molecule has 6 heteroatoms. The average Bonchev–Trinajstić information content (AvgIpc) is 3.05. The third-order valence-electron chi connectivity index (χ3n) is 5.58. The Kier molecular flexibility index (Phi) is 4.92. The maximum atomic E-state index is 12.8. The van der Waals surface area contributed by atoms with E-state index in [1.807, 2.05) is 54.9 Å². The zero-order valence-corrected chi connectivity index (χ0v) is 16.6. The third-order valence-corrected chi connectivity index (χ3v) is 5.58. The highest BCUT2D eigenvalue weighted by atomic mass is 16.2. The summed E-state index contributed by atoms with van der Waals surface area (Å²) >= 11 is 0. The SMILES string of the molecule is Cc1ccc(CNC(=O)CCCN2C(=O)c3cccc4cccc(c34)C2=O)n1C. The number of nitrogens with one attached hydrogen (secondary N) is 1. The van der Waals surface area contributed by atoms with Gasteiger partial charge in [0.15, 0.2) is 0 Å². The summed E-state index contributed by atoms with van der Waals surface area (Å²) in [5, 5.41) is 4.50. The van der Waals surface area contributed by atoms with Crippen LogP contribution in [-0.4, -0.2) is 33.7 Å². The third kappa shape index (κ3) is 3.42. The summed E-state index contributed by atoms with van der Waals surface area (Å²) in [5.41, 5.74) is 3.25. The Morgan fingerprint density at radius 2 is 1.62 bits per heavy atom. The van der Waals surface area contributed by atoms with Gasteiger partial charge in [-0.3, -0.25) is 19.3 Å². The van der Waals surface area contributed by atoms with E-state index in [0.29, 0.717) is 24.1 Å². The van der Waals surface area contributed by atoms with Gasteiger partial charge in [-0.2, -0.15) is 0 Å². The molecule has 0 unspecified atom stereocenters. The molecule has 0 saturated heterocycles. The number of imide groups is 1. The highest BCUT2D eigenvalue weighted by molar-refractivity contribution is 6.25. The molecule has 1 aliphatic rings. The van der Waals surface area contributed by atoms with Crippen LogP contribution < -0.4 is 5.32 Å². The summed E-state index contributed by atoms with van der Waals surface area (Å²) in [6.07, 6.45) is 0.680. The normalized spacial score (nSPS) is 13.2. The summed E-state index contributed by atoms with van der Waals surface area (Å²) in [6, 6.07) is 14.9. The summed E-state index contributed by atoms with van der Waals surface area (Å²) in [4.78, 5) is 39.1. The van der Waals surface area contributed by atoms with Crippen molar-refractivity contribution >= 4 is 28.5 Å². The summed E-state index contributed by atoms with van der Waals surface area (Å²) < 4.78 is 2.03. The van der Waals surface area contributed by atoms with Gasteiger partial charge in [0.25, 0.3) is 11.8 Å². The van der Waals surface area contributed by atoms with Gasteiger partial charge >= 0.3 is 0 Å². The van der Waals surface area contributed by atoms with Gasteiger partial charge in [-0.25, -0.2) is 0 Å². The van der Waals surface area contributed by atoms with E-state index >= 15 is 0 Å². The minimum absolute atomic E-state index is 0.0942. The Hall–Kier alpha value is -3.41. The molecular weight excluding hydrogens is 366 g/mol. The summed E-state index contributed by atoms with van der Waals surface area (Å²) in [6.45, 7) is 2.69. The second kappa shape index (κ2) is 7.54. The largest absolute Gasteiger partial charge is 0.351 e. The van der Waals surface area contributed by atoms with Crippen molar-refractivity contribution in [1.82, 2.24) is 14.8 Å². The lowest BCUT2D eigenvalue weighted by atomic mass is 9.94. The van der Waals surface area contributed by atoms with Crippen LogP contribution in [-0.2, 0) is 18.4 Å². The van der Waals surface area contributed by atoms with Crippen LogP contribution in [0.2, 0.25) is 0 Å². The molecule has 148 valence electrons. The van der Waals surface area contributed by atoms with Crippen molar-refractivity contribution in [3.63, 3.8) is 0 Å². The molecule has 1 aromatic heterocycles. The molecule has 3 amide bonds. The van der Waals surface area contributed by atoms with Crippen LogP contribution in [0.25, 0.3) is 10.8 Å². The monoisotopic (exact) mass is 389 g/mol. The Balaban J connectivity index is 1.38. The van der Waals surface area contributed by atoms with E-state index in [4.69, 9.17) is 0 Å². The van der Waals surface area contributed by atoms with Gasteiger partial charge in [-0.15, -0.1) is 0 Å². The van der Waals surface area contributed by atoms with Gasteiger partial charge in [-0.1, -0.05) is 24.3 Å². The fourth-order valence-electron chi connectivity index (χ4n) is 3.80. The van der Waals surface area contributed by atoms with E-state index in [1.165, 1.54) is 4.90 Å². The van der Waals surface area contributed by atoms with Crippen LogP contribution in [0.3, 0.4) is 0 Å². The molecule has 2 aromatic carbocycles. The molecule has 1 N–H and O–H groups in total. The molecule has 3 aromatic rings. The minimum atomic E-state index is -0.293. The van der Waals surface area contributed by atoms with Crippen molar-refractivity contribution in [2.24, 2.45) is 7.05 Å². The van der Waals surface area contributed by atoms with Crippen molar-refractivity contribution in [2.75, 3.05) is 6.54 Å². The lowest BCUT2D eigenvalue weighted by molar-refractivity contribution is -0.121. The van der Waals surface area contributed by atoms with Crippen LogP contribution in [0.15, 0.2) is 48.5 Å². The lowest BCUT2D eigenvalue weighted by Crippen LogP contribution is -2.41. The van der Waals surface area contributed by atoms with E-state index in [2.05, 4.69) is 5.32 Å². The molecule has 0 atom stereocenters. The highest BCUT2D eigenvalue weighted by Crippen LogP contribution is 2.30. The van der Waals surface area contributed by atoms with Crippen molar-refractivity contribution in [1.29, 1.82) is 0 Å². The van der Waals surface area contributed by atoms with E-state index in [-0.39, 0.29) is 30.7 Å². The summed E-state index contributed by atoms with van der Waals surface area (Å²) in [7, 11) is 1.96. The molecule has 0 spiro atoms. The topological polar surface area (TPSA) is 71.4 Å². The molecule has 0 radical (unpaired) electrons. The van der Waals surface area contributed by atoms with Crippen LogP contribution >= 0.6 is 0 Å². The first-order chi connectivity index (χ1) is 14.0. The Bertz CT molecular complexity index is 1080. The maximum absolute atomic E-state index is 12.8. The van der Waals surface area contributed by atoms with Gasteiger partial charge in [0.1, 0.15) is 0 Å². The van der Waals surface area contributed by atoms with Gasteiger partial charge in [0.2, 0.25) is 5.91 Å². The molecule has 0 bridgehead atoms. The number of hydrogen-bond donors (Lipinski definition) is 1. The van der Waals surface area contributed by atoms with Crippen LogP contribution in [0.5, 0.6) is 0 Å². The predicted octanol–water partition coefficient (Wildman–Crippen LogP) is 3.18. The van der Waals surface area contributed by atoms with Gasteiger partial charge < -0.3 is 9.88 Å². The fourth-order valence-corrected chi connectivity index (χ4v) is 3.80. The molecular formula is C23H23N3O3. The van der Waals surface area contributed by atoms with Gasteiger partial charge in [-0.05, 0) is 43.0 Å². The second-order valence-corrected chi connectivity index (χ2v) is 7.38. The van der Waals surface area contributed by atoms with E-state index in [0.717, 1.165) is 22.2 Å². The van der Waals surface area contributed by atoms with Crippen LogP contribution in [0.1, 0.15) is 44.9 Å². The molecule has 29 heavy (non-hydrogen) atoms. The standard InChI is InChI=1S/C23H23N3O3/c1-15-11-12-17(25(15)2)14-24-20(27)10-5-13-26-22(28)18-8-3-6-16-7-4-9-19(21(16)18)23(26)29/h3-4,6-9,11-12H,5,10,13-14H2,1-2H3,(H,24,27). The number of carbonyl (C=O) groups is 3. The van der Waals surface area contributed by atoms with Crippen molar-refractivity contribution in [2.45, 2.75) is 26.3 Å². The van der Waals surface area contributed by atoms with E-state index < -0.39 is 0 Å². The lowest BCUT2D eigenvalue weighted by Gasteiger charge is -2.27. The number of aryl methyl sites for hydroxylation is 1. The number of benzene rings is 2. The molecule has 0 saturated carbocycles. The zero-order valence-electron chi connectivity index (χ0n) is 16.6. The van der Waals surface area contributed by atoms with Crippen LogP contribution in [0.4, 0.5) is 0 Å². The maximum Gasteiger partial charge on any atom is 0.261 e.